The first-order valence-corrected chi connectivity index (χ1v) is 5.89. The van der Waals surface area contributed by atoms with Crippen LogP contribution in [0.5, 0.6) is 0 Å². The summed E-state index contributed by atoms with van der Waals surface area (Å²) in [7, 11) is 3.10. The van der Waals surface area contributed by atoms with Gasteiger partial charge in [0.2, 0.25) is 0 Å². The Hall–Kier alpha value is -1.65. The summed E-state index contributed by atoms with van der Waals surface area (Å²) >= 11 is 0. The van der Waals surface area contributed by atoms with Crippen molar-refractivity contribution in [2.24, 2.45) is 0 Å². The Kier molecular flexibility index (Phi) is 3.56. The van der Waals surface area contributed by atoms with Crippen LogP contribution in [0.15, 0.2) is 6.20 Å². The number of hydrogen-bond acceptors (Lipinski definition) is 5. The van der Waals surface area contributed by atoms with Gasteiger partial charge in [-0.05, 0) is 12.8 Å². The first-order valence-electron chi connectivity index (χ1n) is 5.89. The second-order valence-corrected chi connectivity index (χ2v) is 4.21. The molecule has 0 aliphatic heterocycles. The molecule has 1 saturated carbocycles. The van der Waals surface area contributed by atoms with E-state index >= 15 is 0 Å². The highest BCUT2D eigenvalue weighted by Crippen LogP contribution is 2.32. The van der Waals surface area contributed by atoms with E-state index in [1.54, 1.807) is 13.2 Å². The molecule has 1 aliphatic rings. The highest BCUT2D eigenvalue weighted by Gasteiger charge is 2.22. The van der Waals surface area contributed by atoms with E-state index in [4.69, 9.17) is 0 Å². The van der Waals surface area contributed by atoms with Crippen LogP contribution >= 0.6 is 0 Å². The van der Waals surface area contributed by atoms with Gasteiger partial charge in [-0.15, -0.1) is 0 Å². The Morgan fingerprint density at radius 3 is 2.76 bits per heavy atom. The number of esters is 1. The number of rotatable bonds is 3. The third-order valence-corrected chi connectivity index (χ3v) is 3.17. The number of aromatic nitrogens is 2. The van der Waals surface area contributed by atoms with E-state index in [2.05, 4.69) is 20.0 Å². The smallest absolute Gasteiger partial charge is 0.343 e. The van der Waals surface area contributed by atoms with Crippen molar-refractivity contribution in [3.05, 3.63) is 17.6 Å². The van der Waals surface area contributed by atoms with E-state index in [1.165, 1.54) is 20.0 Å². The summed E-state index contributed by atoms with van der Waals surface area (Å²) in [6.07, 6.45) is 6.31. The van der Waals surface area contributed by atoms with Gasteiger partial charge < -0.3 is 10.1 Å². The minimum absolute atomic E-state index is 0.386. The standard InChI is InChI=1S/C12H17N3O2/c1-13-11-9(12(16)17-2)7-14-10(15-11)8-5-3-4-6-8/h7-8H,3-6H2,1-2H3,(H,13,14,15). The van der Waals surface area contributed by atoms with E-state index in [0.29, 0.717) is 17.3 Å². The lowest BCUT2D eigenvalue weighted by atomic mass is 10.1. The number of nitrogens with one attached hydrogen (secondary N) is 1. The van der Waals surface area contributed by atoms with Crippen LogP contribution in [-0.4, -0.2) is 30.1 Å². The van der Waals surface area contributed by atoms with Crippen LogP contribution in [0.3, 0.4) is 0 Å². The van der Waals surface area contributed by atoms with Gasteiger partial charge in [-0.2, -0.15) is 0 Å². The predicted octanol–water partition coefficient (Wildman–Crippen LogP) is 1.96. The van der Waals surface area contributed by atoms with Crippen molar-refractivity contribution >= 4 is 11.8 Å². The van der Waals surface area contributed by atoms with Crippen LogP contribution < -0.4 is 5.32 Å². The third-order valence-electron chi connectivity index (χ3n) is 3.17. The van der Waals surface area contributed by atoms with Gasteiger partial charge in [0.25, 0.3) is 0 Å². The van der Waals surface area contributed by atoms with E-state index in [-0.39, 0.29) is 0 Å². The van der Waals surface area contributed by atoms with Gasteiger partial charge in [0.15, 0.2) is 0 Å². The molecule has 0 atom stereocenters. The van der Waals surface area contributed by atoms with Gasteiger partial charge in [0.1, 0.15) is 17.2 Å². The Balaban J connectivity index is 2.30. The molecule has 2 rings (SSSR count). The molecular formula is C12H17N3O2. The zero-order valence-electron chi connectivity index (χ0n) is 10.2. The maximum absolute atomic E-state index is 11.5. The van der Waals surface area contributed by atoms with Gasteiger partial charge in [0, 0.05) is 19.2 Å². The Morgan fingerprint density at radius 1 is 1.47 bits per heavy atom. The number of anilines is 1. The van der Waals surface area contributed by atoms with Gasteiger partial charge in [-0.3, -0.25) is 0 Å². The van der Waals surface area contributed by atoms with Crippen molar-refractivity contribution in [1.82, 2.24) is 9.97 Å². The van der Waals surface area contributed by atoms with Crippen molar-refractivity contribution in [2.75, 3.05) is 19.5 Å². The molecular weight excluding hydrogens is 218 g/mol. The maximum atomic E-state index is 11.5. The van der Waals surface area contributed by atoms with Crippen LogP contribution in [0.25, 0.3) is 0 Å². The first kappa shape index (κ1) is 11.8. The first-order chi connectivity index (χ1) is 8.26. The van der Waals surface area contributed by atoms with Crippen LogP contribution in [0.1, 0.15) is 47.8 Å². The minimum atomic E-state index is -0.410. The van der Waals surface area contributed by atoms with Crippen LogP contribution in [0.2, 0.25) is 0 Å². The zero-order valence-corrected chi connectivity index (χ0v) is 10.2. The number of ether oxygens (including phenoxy) is 1. The molecule has 0 amide bonds. The van der Waals surface area contributed by atoms with E-state index in [0.717, 1.165) is 18.7 Å². The number of carbonyl (C=O) groups excluding carboxylic acids is 1. The van der Waals surface area contributed by atoms with E-state index < -0.39 is 5.97 Å². The average Bonchev–Trinajstić information content (AvgIpc) is 2.91. The van der Waals surface area contributed by atoms with Crippen LogP contribution in [-0.2, 0) is 4.74 Å². The molecule has 0 spiro atoms. The molecule has 1 N–H and O–H groups in total. The molecule has 0 bridgehead atoms. The number of nitrogens with zero attached hydrogens (tertiary/aromatic N) is 2. The lowest BCUT2D eigenvalue weighted by Gasteiger charge is -2.11. The molecule has 1 fully saturated rings. The monoisotopic (exact) mass is 235 g/mol. The molecule has 17 heavy (non-hydrogen) atoms. The second kappa shape index (κ2) is 5.12. The fourth-order valence-corrected chi connectivity index (χ4v) is 2.23. The SMILES string of the molecule is CNc1nc(C2CCCC2)ncc1C(=O)OC. The lowest BCUT2D eigenvalue weighted by molar-refractivity contribution is 0.0601. The van der Waals surface area contributed by atoms with Crippen molar-refractivity contribution in [1.29, 1.82) is 0 Å². The predicted molar refractivity (Wildman–Crippen MR) is 64.1 cm³/mol. The summed E-state index contributed by atoms with van der Waals surface area (Å²) < 4.78 is 4.69. The summed E-state index contributed by atoms with van der Waals surface area (Å²) in [4.78, 5) is 20.2. The molecule has 0 unspecified atom stereocenters. The van der Waals surface area contributed by atoms with Crippen LogP contribution in [0, 0.1) is 0 Å². The Morgan fingerprint density at radius 2 is 2.18 bits per heavy atom. The summed E-state index contributed by atoms with van der Waals surface area (Å²) in [5.74, 6) is 1.41. The van der Waals surface area contributed by atoms with Crippen LogP contribution in [0.4, 0.5) is 5.82 Å². The number of carbonyl (C=O) groups is 1. The summed E-state index contributed by atoms with van der Waals surface area (Å²) in [5, 5.41) is 2.92. The second-order valence-electron chi connectivity index (χ2n) is 4.21. The quantitative estimate of drug-likeness (QED) is 0.811. The molecule has 5 nitrogen and oxygen atoms in total. The maximum Gasteiger partial charge on any atom is 0.343 e. The molecule has 1 aromatic heterocycles. The summed E-state index contributed by atoms with van der Waals surface area (Å²) in [6, 6.07) is 0. The fourth-order valence-electron chi connectivity index (χ4n) is 2.23. The number of hydrogen-bond donors (Lipinski definition) is 1. The molecule has 1 aliphatic carbocycles. The van der Waals surface area contributed by atoms with Crippen molar-refractivity contribution < 1.29 is 9.53 Å². The highest BCUT2D eigenvalue weighted by atomic mass is 16.5. The molecule has 1 heterocycles. The fraction of sp³-hybridized carbons (Fsp3) is 0.583. The largest absolute Gasteiger partial charge is 0.465 e. The van der Waals surface area contributed by atoms with E-state index in [1.807, 2.05) is 0 Å². The molecule has 0 aromatic carbocycles. The normalized spacial score (nSPS) is 15.9. The third kappa shape index (κ3) is 2.38. The van der Waals surface area contributed by atoms with Gasteiger partial charge in [-0.25, -0.2) is 14.8 Å². The Labute approximate surface area is 101 Å². The molecule has 1 aromatic rings. The van der Waals surface area contributed by atoms with Crippen molar-refractivity contribution in [3.8, 4) is 0 Å². The zero-order chi connectivity index (χ0) is 12.3. The summed E-state index contributed by atoms with van der Waals surface area (Å²) in [6.45, 7) is 0. The van der Waals surface area contributed by atoms with Crippen molar-refractivity contribution in [2.45, 2.75) is 31.6 Å². The molecule has 92 valence electrons. The topological polar surface area (TPSA) is 64.1 Å². The average molecular weight is 235 g/mol. The molecule has 0 radical (unpaired) electrons. The van der Waals surface area contributed by atoms with Gasteiger partial charge >= 0.3 is 5.97 Å². The van der Waals surface area contributed by atoms with Gasteiger partial charge in [0.05, 0.1) is 7.11 Å². The minimum Gasteiger partial charge on any atom is -0.465 e. The summed E-state index contributed by atoms with van der Waals surface area (Å²) in [5.41, 5.74) is 0.386. The van der Waals surface area contributed by atoms with Gasteiger partial charge in [-0.1, -0.05) is 12.8 Å². The van der Waals surface area contributed by atoms with E-state index in [9.17, 15) is 4.79 Å². The Bertz CT molecular complexity index is 414. The number of methoxy groups -OCH3 is 1. The molecule has 5 heteroatoms. The molecule has 0 saturated heterocycles. The lowest BCUT2D eigenvalue weighted by Crippen LogP contribution is -2.11. The highest BCUT2D eigenvalue weighted by molar-refractivity contribution is 5.94. The van der Waals surface area contributed by atoms with Crippen molar-refractivity contribution in [3.63, 3.8) is 0 Å².